The Bertz CT molecular complexity index is 719. The van der Waals surface area contributed by atoms with Gasteiger partial charge in [-0.05, 0) is 37.0 Å². The number of esters is 2. The second-order valence-corrected chi connectivity index (χ2v) is 7.02. The van der Waals surface area contributed by atoms with E-state index in [0.29, 0.717) is 10.7 Å². The first kappa shape index (κ1) is 15.4. The number of anilines is 1. The van der Waals surface area contributed by atoms with Crippen molar-refractivity contribution in [3.05, 3.63) is 29.3 Å². The number of hydrogen-bond acceptors (Lipinski definition) is 5. The molecule has 6 nitrogen and oxygen atoms in total. The van der Waals surface area contributed by atoms with Crippen LogP contribution in [-0.4, -0.2) is 30.6 Å². The Kier molecular flexibility index (Phi) is 3.72. The first-order chi connectivity index (χ1) is 11.5. The minimum Gasteiger partial charge on any atom is -0.462 e. The van der Waals surface area contributed by atoms with Crippen LogP contribution < -0.4 is 5.32 Å². The topological polar surface area (TPSA) is 81.7 Å². The van der Waals surface area contributed by atoms with Crippen LogP contribution in [0.3, 0.4) is 0 Å². The second-order valence-electron chi connectivity index (χ2n) is 6.59. The van der Waals surface area contributed by atoms with E-state index in [4.69, 9.17) is 21.1 Å². The van der Waals surface area contributed by atoms with Crippen molar-refractivity contribution in [2.24, 2.45) is 23.7 Å². The molecule has 2 bridgehead atoms. The van der Waals surface area contributed by atoms with E-state index in [-0.39, 0.29) is 30.5 Å². The molecule has 0 radical (unpaired) electrons. The summed E-state index contributed by atoms with van der Waals surface area (Å²) in [7, 11) is 0. The molecule has 3 aliphatic rings. The van der Waals surface area contributed by atoms with Gasteiger partial charge in [-0.2, -0.15) is 0 Å². The van der Waals surface area contributed by atoms with Crippen LogP contribution in [0.2, 0.25) is 5.02 Å². The number of amides is 1. The summed E-state index contributed by atoms with van der Waals surface area (Å²) in [5, 5.41) is 3.11. The summed E-state index contributed by atoms with van der Waals surface area (Å²) in [4.78, 5) is 36.1. The number of benzene rings is 1. The van der Waals surface area contributed by atoms with Crippen LogP contribution in [0, 0.1) is 23.7 Å². The highest BCUT2D eigenvalue weighted by atomic mass is 35.5. The molecule has 0 aromatic heterocycles. The number of carbonyl (C=O) groups excluding carboxylic acids is 3. The molecular weight excluding hydrogens is 334 g/mol. The lowest BCUT2D eigenvalue weighted by Crippen LogP contribution is -2.34. The summed E-state index contributed by atoms with van der Waals surface area (Å²) in [5.74, 6) is -1.82. The van der Waals surface area contributed by atoms with Crippen molar-refractivity contribution in [1.29, 1.82) is 0 Å². The summed E-state index contributed by atoms with van der Waals surface area (Å²) in [6, 6.07) is 6.70. The van der Waals surface area contributed by atoms with Gasteiger partial charge in [0.25, 0.3) is 5.91 Å². The third-order valence-electron chi connectivity index (χ3n) is 5.21. The molecule has 3 fully saturated rings. The molecule has 2 aliphatic carbocycles. The molecule has 1 saturated heterocycles. The Balaban J connectivity index is 1.34. The first-order valence-electron chi connectivity index (χ1n) is 7.95. The van der Waals surface area contributed by atoms with E-state index < -0.39 is 23.7 Å². The fraction of sp³-hybridized carbons (Fsp3) is 0.471. The number of fused-ring (bicyclic) bond motifs is 1. The van der Waals surface area contributed by atoms with Gasteiger partial charge in [-0.25, -0.2) is 0 Å². The van der Waals surface area contributed by atoms with Crippen molar-refractivity contribution in [2.45, 2.75) is 18.9 Å². The van der Waals surface area contributed by atoms with Crippen LogP contribution in [0.15, 0.2) is 24.3 Å². The highest BCUT2D eigenvalue weighted by Crippen LogP contribution is 2.57. The molecule has 1 aromatic rings. The van der Waals surface area contributed by atoms with Gasteiger partial charge in [-0.15, -0.1) is 0 Å². The molecular formula is C17H16ClNO5. The average molecular weight is 350 g/mol. The van der Waals surface area contributed by atoms with E-state index in [2.05, 4.69) is 5.32 Å². The highest BCUT2D eigenvalue weighted by Gasteiger charge is 2.64. The van der Waals surface area contributed by atoms with Crippen molar-refractivity contribution in [2.75, 3.05) is 11.9 Å². The summed E-state index contributed by atoms with van der Waals surface area (Å²) in [6.07, 6.45) is 1.53. The minimum absolute atomic E-state index is 0.0253. The largest absolute Gasteiger partial charge is 0.462 e. The van der Waals surface area contributed by atoms with E-state index in [1.165, 1.54) is 0 Å². The van der Waals surface area contributed by atoms with Crippen molar-refractivity contribution in [3.8, 4) is 0 Å². The summed E-state index contributed by atoms with van der Waals surface area (Å²) in [5.41, 5.74) is 0.533. The van der Waals surface area contributed by atoms with Crippen LogP contribution in [0.1, 0.15) is 12.8 Å². The standard InChI is InChI=1S/C17H16ClNO5/c18-9-2-1-3-10(6-9)19-13(20)7-23-16(21)14-8-4-11-12(5-8)24-17(22)15(11)14/h1-3,6,8,11-12,14-15H,4-5,7H2,(H,19,20)/t8-,11+,12+,14-,15+/m1/s1. The number of nitrogens with one attached hydrogen (secondary N) is 1. The van der Waals surface area contributed by atoms with Crippen LogP contribution in [0.4, 0.5) is 5.69 Å². The Hall–Kier alpha value is -2.08. The molecule has 4 rings (SSSR count). The molecule has 5 atom stereocenters. The molecule has 126 valence electrons. The van der Waals surface area contributed by atoms with Gasteiger partial charge < -0.3 is 14.8 Å². The predicted molar refractivity (Wildman–Crippen MR) is 84.1 cm³/mol. The molecule has 1 heterocycles. The second kappa shape index (κ2) is 5.77. The molecule has 0 unspecified atom stereocenters. The quantitative estimate of drug-likeness (QED) is 0.841. The average Bonchev–Trinajstić information content (AvgIpc) is 3.14. The molecule has 0 spiro atoms. The lowest BCUT2D eigenvalue weighted by atomic mass is 9.80. The van der Waals surface area contributed by atoms with E-state index in [9.17, 15) is 14.4 Å². The molecule has 1 amide bonds. The van der Waals surface area contributed by atoms with E-state index in [1.807, 2.05) is 0 Å². The van der Waals surface area contributed by atoms with Gasteiger partial charge in [-0.3, -0.25) is 14.4 Å². The van der Waals surface area contributed by atoms with Gasteiger partial charge in [0.1, 0.15) is 6.10 Å². The van der Waals surface area contributed by atoms with Crippen LogP contribution >= 0.6 is 11.6 Å². The maximum atomic E-state index is 12.3. The number of rotatable bonds is 4. The lowest BCUT2D eigenvalue weighted by Gasteiger charge is -2.22. The van der Waals surface area contributed by atoms with Crippen molar-refractivity contribution < 1.29 is 23.9 Å². The SMILES string of the molecule is O=C(COC(=O)[C@@H]1[C@@H]2C[C@@H]3[C@@H]1C(=O)O[C@H]3C2)Nc1cccc(Cl)c1. The summed E-state index contributed by atoms with van der Waals surface area (Å²) >= 11 is 5.85. The highest BCUT2D eigenvalue weighted by molar-refractivity contribution is 6.30. The van der Waals surface area contributed by atoms with Crippen LogP contribution in [0.5, 0.6) is 0 Å². The number of hydrogen-bond donors (Lipinski definition) is 1. The van der Waals surface area contributed by atoms with Gasteiger partial charge in [0.15, 0.2) is 6.61 Å². The van der Waals surface area contributed by atoms with Gasteiger partial charge in [0, 0.05) is 16.6 Å². The third kappa shape index (κ3) is 2.55. The van der Waals surface area contributed by atoms with Crippen molar-refractivity contribution in [3.63, 3.8) is 0 Å². The fourth-order valence-corrected chi connectivity index (χ4v) is 4.51. The monoisotopic (exact) mass is 349 g/mol. The van der Waals surface area contributed by atoms with Crippen LogP contribution in [0.25, 0.3) is 0 Å². The minimum atomic E-state index is -0.481. The zero-order valence-corrected chi connectivity index (χ0v) is 13.5. The fourth-order valence-electron chi connectivity index (χ4n) is 4.32. The molecule has 1 aromatic carbocycles. The number of ether oxygens (including phenoxy) is 2. The molecule has 24 heavy (non-hydrogen) atoms. The van der Waals surface area contributed by atoms with E-state index in [1.54, 1.807) is 24.3 Å². The Labute approximate surface area is 143 Å². The lowest BCUT2D eigenvalue weighted by molar-refractivity contribution is -0.157. The van der Waals surface area contributed by atoms with E-state index >= 15 is 0 Å². The molecule has 7 heteroatoms. The first-order valence-corrected chi connectivity index (χ1v) is 8.33. The van der Waals surface area contributed by atoms with Crippen LogP contribution in [-0.2, 0) is 23.9 Å². The van der Waals surface area contributed by atoms with Gasteiger partial charge >= 0.3 is 11.9 Å². The summed E-state index contributed by atoms with van der Waals surface area (Å²) < 4.78 is 10.4. The number of halogens is 1. The molecule has 1 N–H and O–H groups in total. The van der Waals surface area contributed by atoms with Gasteiger partial charge in [0.05, 0.1) is 11.8 Å². The Morgan fingerprint density at radius 1 is 1.33 bits per heavy atom. The Morgan fingerprint density at radius 3 is 2.96 bits per heavy atom. The van der Waals surface area contributed by atoms with Gasteiger partial charge in [-0.1, -0.05) is 17.7 Å². The van der Waals surface area contributed by atoms with Gasteiger partial charge in [0.2, 0.25) is 0 Å². The smallest absolute Gasteiger partial charge is 0.310 e. The van der Waals surface area contributed by atoms with Crippen molar-refractivity contribution in [1.82, 2.24) is 0 Å². The molecule has 1 aliphatic heterocycles. The number of carbonyl (C=O) groups is 3. The zero-order valence-electron chi connectivity index (χ0n) is 12.7. The van der Waals surface area contributed by atoms with E-state index in [0.717, 1.165) is 12.8 Å². The summed E-state index contributed by atoms with van der Waals surface area (Å²) in [6.45, 7) is -0.384. The normalized spacial score (nSPS) is 32.5. The predicted octanol–water partition coefficient (Wildman–Crippen LogP) is 2.02. The van der Waals surface area contributed by atoms with Crippen molar-refractivity contribution >= 4 is 35.1 Å². The maximum absolute atomic E-state index is 12.3. The maximum Gasteiger partial charge on any atom is 0.310 e. The Morgan fingerprint density at radius 2 is 2.17 bits per heavy atom. The molecule has 2 saturated carbocycles. The third-order valence-corrected chi connectivity index (χ3v) is 5.44. The zero-order chi connectivity index (χ0) is 16.8.